The normalized spacial score (nSPS) is 15.1. The maximum Gasteiger partial charge on any atom is 0.374 e. The molecule has 1 aliphatic heterocycles. The van der Waals surface area contributed by atoms with Gasteiger partial charge in [-0.25, -0.2) is 4.79 Å². The largest absolute Gasteiger partial charge is 0.460 e. The Morgan fingerprint density at radius 2 is 1.72 bits per heavy atom. The second-order valence-corrected chi connectivity index (χ2v) is 8.11. The molecular weight excluding hydrogens is 430 g/mol. The number of nitrogens with zero attached hydrogens (tertiary/aromatic N) is 2. The van der Waals surface area contributed by atoms with Crippen LogP contribution in [0.5, 0.6) is 0 Å². The monoisotopic (exact) mass is 455 g/mol. The van der Waals surface area contributed by atoms with E-state index in [9.17, 15) is 9.59 Å². The minimum Gasteiger partial charge on any atom is -0.460 e. The number of halogens is 1. The predicted molar refractivity (Wildman–Crippen MR) is 124 cm³/mol. The minimum absolute atomic E-state index is 0.0861. The summed E-state index contributed by atoms with van der Waals surface area (Å²) in [4.78, 5) is 29.2. The van der Waals surface area contributed by atoms with Crippen LogP contribution in [-0.2, 0) is 16.1 Å². The first kappa shape index (κ1) is 22.3. The lowest BCUT2D eigenvalue weighted by molar-refractivity contribution is -0.117. The lowest BCUT2D eigenvalue weighted by Gasteiger charge is -2.34. The highest BCUT2D eigenvalue weighted by Crippen LogP contribution is 2.28. The molecule has 0 radical (unpaired) electrons. The Labute approximate surface area is 191 Å². The van der Waals surface area contributed by atoms with Gasteiger partial charge in [0.05, 0.1) is 23.9 Å². The molecule has 8 heteroatoms. The summed E-state index contributed by atoms with van der Waals surface area (Å²) in [6, 6.07) is 14.8. The average molecular weight is 456 g/mol. The molecule has 0 bridgehead atoms. The third-order valence-electron chi connectivity index (χ3n) is 5.52. The Balaban J connectivity index is 1.36. The maximum absolute atomic E-state index is 12.4. The summed E-state index contributed by atoms with van der Waals surface area (Å²) in [6.45, 7) is 6.03. The van der Waals surface area contributed by atoms with Crippen molar-refractivity contribution in [1.29, 1.82) is 0 Å². The highest BCUT2D eigenvalue weighted by molar-refractivity contribution is 6.33. The van der Waals surface area contributed by atoms with Gasteiger partial charge in [-0.3, -0.25) is 14.6 Å². The number of rotatable bonds is 7. The fraction of sp³-hybridized carbons (Fsp3) is 0.333. The molecule has 1 fully saturated rings. The Bertz CT molecular complexity index is 1110. The second kappa shape index (κ2) is 10.2. The smallest absolute Gasteiger partial charge is 0.374 e. The Morgan fingerprint density at radius 3 is 2.47 bits per heavy atom. The number of amides is 1. The van der Waals surface area contributed by atoms with E-state index in [0.29, 0.717) is 36.0 Å². The molecule has 32 heavy (non-hydrogen) atoms. The molecule has 1 N–H and O–H groups in total. The number of carbonyl (C=O) groups excluding carboxylic acids is 2. The van der Waals surface area contributed by atoms with Crippen LogP contribution in [0, 0.1) is 0 Å². The Hall–Kier alpha value is -2.87. The number of esters is 1. The number of piperazine rings is 1. The Kier molecular flexibility index (Phi) is 7.09. The fourth-order valence-electron chi connectivity index (χ4n) is 3.90. The highest BCUT2D eigenvalue weighted by atomic mass is 35.5. The minimum atomic E-state index is -0.437. The maximum atomic E-state index is 12.4. The van der Waals surface area contributed by atoms with Crippen molar-refractivity contribution in [2.24, 2.45) is 0 Å². The van der Waals surface area contributed by atoms with Crippen LogP contribution < -0.4 is 5.32 Å². The topological polar surface area (TPSA) is 75.0 Å². The SMILES string of the molecule is CCOC(=O)c1oc2ccccc2c1CN1CCN(CC(=O)Nc2ccccc2Cl)CC1. The molecular formula is C24H26ClN3O4. The van der Waals surface area contributed by atoms with E-state index in [1.807, 2.05) is 36.4 Å². The summed E-state index contributed by atoms with van der Waals surface area (Å²) < 4.78 is 11.0. The number of anilines is 1. The van der Waals surface area contributed by atoms with Gasteiger partial charge in [0.15, 0.2) is 0 Å². The van der Waals surface area contributed by atoms with Crippen LogP contribution in [0.4, 0.5) is 5.69 Å². The van der Waals surface area contributed by atoms with Gasteiger partial charge < -0.3 is 14.5 Å². The number of furan rings is 1. The van der Waals surface area contributed by atoms with E-state index in [1.54, 1.807) is 19.1 Å². The van der Waals surface area contributed by atoms with Crippen LogP contribution in [0.15, 0.2) is 52.9 Å². The molecule has 2 aromatic carbocycles. The standard InChI is InChI=1S/C24H26ClN3O4/c1-2-31-24(30)23-18(17-7-3-6-10-21(17)32-23)15-27-11-13-28(14-12-27)16-22(29)26-20-9-5-4-8-19(20)25/h3-10H,2,11-16H2,1H3,(H,26,29). The van der Waals surface area contributed by atoms with Gasteiger partial charge in [0.25, 0.3) is 0 Å². The van der Waals surface area contributed by atoms with Gasteiger partial charge in [0.2, 0.25) is 11.7 Å². The number of para-hydroxylation sites is 2. The van der Waals surface area contributed by atoms with Crippen LogP contribution in [0.2, 0.25) is 5.02 Å². The molecule has 0 unspecified atom stereocenters. The number of hydrogen-bond donors (Lipinski definition) is 1. The van der Waals surface area contributed by atoms with E-state index in [4.69, 9.17) is 20.8 Å². The van der Waals surface area contributed by atoms with Gasteiger partial charge in [0, 0.05) is 43.7 Å². The van der Waals surface area contributed by atoms with Crippen molar-refractivity contribution in [2.45, 2.75) is 13.5 Å². The van der Waals surface area contributed by atoms with Crippen molar-refractivity contribution < 1.29 is 18.7 Å². The third kappa shape index (κ3) is 5.12. The molecule has 1 aromatic heterocycles. The number of nitrogens with one attached hydrogen (secondary N) is 1. The van der Waals surface area contributed by atoms with E-state index in [0.717, 1.165) is 37.1 Å². The molecule has 0 spiro atoms. The molecule has 168 valence electrons. The van der Waals surface area contributed by atoms with Crippen molar-refractivity contribution in [3.63, 3.8) is 0 Å². The second-order valence-electron chi connectivity index (χ2n) is 7.71. The van der Waals surface area contributed by atoms with E-state index in [-0.39, 0.29) is 11.7 Å². The number of benzene rings is 2. The first-order chi connectivity index (χ1) is 15.5. The molecule has 0 atom stereocenters. The zero-order valence-electron chi connectivity index (χ0n) is 18.0. The average Bonchev–Trinajstić information content (AvgIpc) is 3.15. The van der Waals surface area contributed by atoms with Gasteiger partial charge in [0.1, 0.15) is 5.58 Å². The molecule has 1 amide bonds. The molecule has 1 aliphatic rings. The van der Waals surface area contributed by atoms with E-state index in [2.05, 4.69) is 15.1 Å². The summed E-state index contributed by atoms with van der Waals surface area (Å²) in [6.07, 6.45) is 0. The number of fused-ring (bicyclic) bond motifs is 1. The van der Waals surface area contributed by atoms with Crippen LogP contribution in [0.3, 0.4) is 0 Å². The lowest BCUT2D eigenvalue weighted by Crippen LogP contribution is -2.48. The van der Waals surface area contributed by atoms with Crippen LogP contribution in [0.25, 0.3) is 11.0 Å². The van der Waals surface area contributed by atoms with Gasteiger partial charge in [-0.15, -0.1) is 0 Å². The van der Waals surface area contributed by atoms with Crippen LogP contribution in [-0.4, -0.2) is 61.0 Å². The Morgan fingerprint density at radius 1 is 1.03 bits per heavy atom. The molecule has 3 aromatic rings. The molecule has 1 saturated heterocycles. The van der Waals surface area contributed by atoms with Crippen molar-refractivity contribution in [1.82, 2.24) is 9.80 Å². The molecule has 0 aliphatic carbocycles. The number of ether oxygens (including phenoxy) is 1. The van der Waals surface area contributed by atoms with E-state index >= 15 is 0 Å². The first-order valence-electron chi connectivity index (χ1n) is 10.7. The van der Waals surface area contributed by atoms with Crippen LogP contribution >= 0.6 is 11.6 Å². The summed E-state index contributed by atoms with van der Waals surface area (Å²) >= 11 is 6.12. The zero-order valence-corrected chi connectivity index (χ0v) is 18.7. The fourth-order valence-corrected chi connectivity index (χ4v) is 4.08. The van der Waals surface area contributed by atoms with Gasteiger partial charge >= 0.3 is 5.97 Å². The zero-order chi connectivity index (χ0) is 22.5. The highest BCUT2D eigenvalue weighted by Gasteiger charge is 2.25. The summed E-state index contributed by atoms with van der Waals surface area (Å²) in [7, 11) is 0. The quantitative estimate of drug-likeness (QED) is 0.542. The third-order valence-corrected chi connectivity index (χ3v) is 5.85. The van der Waals surface area contributed by atoms with E-state index in [1.165, 1.54) is 0 Å². The van der Waals surface area contributed by atoms with Gasteiger partial charge in [-0.2, -0.15) is 0 Å². The lowest BCUT2D eigenvalue weighted by atomic mass is 10.1. The molecule has 4 rings (SSSR count). The summed E-state index contributed by atoms with van der Waals surface area (Å²) in [5.41, 5.74) is 2.15. The number of hydrogen-bond acceptors (Lipinski definition) is 6. The molecule has 0 saturated carbocycles. The van der Waals surface area contributed by atoms with Crippen molar-refractivity contribution in [2.75, 3.05) is 44.6 Å². The summed E-state index contributed by atoms with van der Waals surface area (Å²) in [5.74, 6) is -0.250. The van der Waals surface area contributed by atoms with Gasteiger partial charge in [-0.05, 0) is 25.1 Å². The first-order valence-corrected chi connectivity index (χ1v) is 11.1. The van der Waals surface area contributed by atoms with Gasteiger partial charge in [-0.1, -0.05) is 41.9 Å². The van der Waals surface area contributed by atoms with Crippen molar-refractivity contribution in [3.8, 4) is 0 Å². The van der Waals surface area contributed by atoms with Crippen molar-refractivity contribution in [3.05, 3.63) is 64.9 Å². The van der Waals surface area contributed by atoms with E-state index < -0.39 is 5.97 Å². The van der Waals surface area contributed by atoms with Crippen LogP contribution in [0.1, 0.15) is 23.0 Å². The molecule has 7 nitrogen and oxygen atoms in total. The molecule has 2 heterocycles. The predicted octanol–water partition coefficient (Wildman–Crippen LogP) is 4.02. The summed E-state index contributed by atoms with van der Waals surface area (Å²) in [5, 5.41) is 4.32. The number of carbonyl (C=O) groups is 2. The van der Waals surface area contributed by atoms with Crippen molar-refractivity contribution >= 4 is 40.1 Å².